The maximum absolute atomic E-state index is 15.4. The number of hydrogen-bond acceptors (Lipinski definition) is 12. The molecule has 96 heavy (non-hydrogen) atoms. The number of carboxylic acids is 1. The number of carbonyl (C=O) groups excluding carboxylic acids is 1. The molecule has 0 aliphatic heterocycles. The Kier molecular flexibility index (Phi) is 22.3. The SMILES string of the molecule is [C-]#[N+]/C(=C\c1cc2sc(-c3ccc(N(c4ccc(-c5cc6sc(/C=C(\C#N)OC=O)cc6s5)cc4)c4ccc(-c5c(OCCCCCC)cc(OCC(F)(F)C(F)(F)C(F)(F)C(F)(F)C(F)(F)C(F)(F)C(F)(F)C(F)(F)F)cc5OCCCCCC)cc4)cc3)cc2s1)C(=O)O. The summed E-state index contributed by atoms with van der Waals surface area (Å²) in [5.74, 6) is -61.0. The number of aliphatic carboxylic acids is 1. The van der Waals surface area contributed by atoms with Crippen molar-refractivity contribution >= 4 is 106 Å². The Balaban J connectivity index is 1.17. The monoisotopic (exact) mass is 1440 g/mol. The van der Waals surface area contributed by atoms with Crippen LogP contribution in [0.5, 0.6) is 17.2 Å². The predicted molar refractivity (Wildman–Crippen MR) is 332 cm³/mol. The normalized spacial score (nSPS) is 13.2. The lowest BCUT2D eigenvalue weighted by Crippen LogP contribution is -2.74. The molecule has 0 amide bonds. The van der Waals surface area contributed by atoms with E-state index in [1.165, 1.54) is 57.5 Å². The zero-order valence-corrected chi connectivity index (χ0v) is 53.0. The highest BCUT2D eigenvalue weighted by Gasteiger charge is 2.95. The number of anilines is 3. The summed E-state index contributed by atoms with van der Waals surface area (Å²) in [5.41, 5.74) is 3.23. The molecule has 0 bridgehead atoms. The predicted octanol–water partition coefficient (Wildman–Crippen LogP) is 22.4. The fraction of sp³-hybridized carbons (Fsp3) is 0.323. The lowest BCUT2D eigenvalue weighted by Gasteiger charge is -2.42. The van der Waals surface area contributed by atoms with E-state index in [0.717, 1.165) is 64.7 Å². The first-order chi connectivity index (χ1) is 45.1. The highest BCUT2D eigenvalue weighted by Crippen LogP contribution is 2.64. The van der Waals surface area contributed by atoms with E-state index < -0.39 is 71.7 Å². The molecule has 0 fully saturated rings. The number of alkyl halides is 17. The van der Waals surface area contributed by atoms with Crippen LogP contribution in [0.1, 0.15) is 75.0 Å². The smallest absolute Gasteiger partial charge is 0.460 e. The second kappa shape index (κ2) is 29.1. The molecule has 4 aromatic carbocycles. The van der Waals surface area contributed by atoms with E-state index >= 15 is 17.6 Å². The molecule has 1 N–H and O–H groups in total. The van der Waals surface area contributed by atoms with E-state index in [2.05, 4.69) is 4.85 Å². The fourth-order valence-electron chi connectivity index (χ4n) is 9.50. The van der Waals surface area contributed by atoms with Crippen molar-refractivity contribution in [3.8, 4) is 55.3 Å². The number of ether oxygens (including phenoxy) is 4. The molecule has 4 aromatic heterocycles. The first kappa shape index (κ1) is 73.4. The van der Waals surface area contributed by atoms with E-state index in [1.807, 2.05) is 85.5 Å². The van der Waals surface area contributed by atoms with Crippen molar-refractivity contribution in [1.82, 2.24) is 0 Å². The molecule has 0 aliphatic rings. The van der Waals surface area contributed by atoms with E-state index in [9.17, 15) is 77.0 Å². The van der Waals surface area contributed by atoms with E-state index in [-0.39, 0.29) is 48.1 Å². The van der Waals surface area contributed by atoms with Crippen LogP contribution in [0.2, 0.25) is 0 Å². The molecule has 0 saturated carbocycles. The van der Waals surface area contributed by atoms with Crippen molar-refractivity contribution in [2.75, 3.05) is 24.7 Å². The molecule has 4 heterocycles. The maximum atomic E-state index is 15.4. The number of halogens is 17. The number of rotatable bonds is 32. The molecule has 0 unspecified atom stereocenters. The number of carboxylic acid groups (broad SMARTS) is 1. The first-order valence-corrected chi connectivity index (χ1v) is 31.9. The zero-order valence-electron chi connectivity index (χ0n) is 49.7. The third kappa shape index (κ3) is 14.8. The van der Waals surface area contributed by atoms with Gasteiger partial charge in [0.05, 0.1) is 25.3 Å². The number of thiophene rings is 4. The Hall–Kier alpha value is -8.39. The van der Waals surface area contributed by atoms with Gasteiger partial charge in [-0.3, -0.25) is 9.59 Å². The Labute approximate surface area is 551 Å². The molecule has 8 aromatic rings. The van der Waals surface area contributed by atoms with Crippen molar-refractivity contribution in [3.05, 3.63) is 142 Å². The highest BCUT2D eigenvalue weighted by molar-refractivity contribution is 7.30. The summed E-state index contributed by atoms with van der Waals surface area (Å²) in [4.78, 5) is 30.3. The number of fused-ring (bicyclic) bond motifs is 2. The van der Waals surface area contributed by atoms with Crippen LogP contribution in [0.4, 0.5) is 91.7 Å². The summed E-state index contributed by atoms with van der Waals surface area (Å²) < 4.78 is 267. The average molecular weight is 1440 g/mol. The average Bonchev–Trinajstić information content (AvgIpc) is 0.883. The minimum atomic E-state index is -8.79. The Bertz CT molecular complexity index is 4120. The number of benzene rings is 4. The van der Waals surface area contributed by atoms with Crippen molar-refractivity contribution in [2.24, 2.45) is 0 Å². The highest BCUT2D eigenvalue weighted by atomic mass is 32.1. The summed E-state index contributed by atoms with van der Waals surface area (Å²) in [6.45, 7) is 7.67. The van der Waals surface area contributed by atoms with E-state index in [4.69, 9.17) is 25.5 Å². The molecular weight excluding hydrogens is 1390 g/mol. The van der Waals surface area contributed by atoms with Gasteiger partial charge in [0.1, 0.15) is 23.3 Å². The van der Waals surface area contributed by atoms with Crippen LogP contribution >= 0.6 is 45.3 Å². The minimum absolute atomic E-state index is 0.0497. The maximum Gasteiger partial charge on any atom is 0.460 e. The molecule has 10 nitrogen and oxygen atoms in total. The molecular formula is C65H50F17N3O7S4. The molecule has 31 heteroatoms. The van der Waals surface area contributed by atoms with Crippen LogP contribution in [0.25, 0.3) is 67.8 Å². The number of hydrogen-bond donors (Lipinski definition) is 1. The van der Waals surface area contributed by atoms with Gasteiger partial charge in [-0.05, 0) is 96.3 Å². The van der Waals surface area contributed by atoms with Crippen molar-refractivity contribution in [1.29, 1.82) is 5.26 Å². The second-order valence-corrected chi connectivity index (χ2v) is 25.7. The van der Waals surface area contributed by atoms with Gasteiger partial charge in [-0.15, -0.1) is 45.3 Å². The summed E-state index contributed by atoms with van der Waals surface area (Å²) in [6, 6.07) is 32.3. The first-order valence-electron chi connectivity index (χ1n) is 28.6. The van der Waals surface area contributed by atoms with Gasteiger partial charge in [0.2, 0.25) is 5.76 Å². The van der Waals surface area contributed by atoms with Gasteiger partial charge in [0.25, 0.3) is 12.2 Å². The number of carbonyl (C=O) groups is 2. The number of allylic oxidation sites excluding steroid dienone is 1. The molecule has 0 atom stereocenters. The minimum Gasteiger partial charge on any atom is -0.493 e. The van der Waals surface area contributed by atoms with Crippen LogP contribution in [0.3, 0.4) is 0 Å². The lowest BCUT2D eigenvalue weighted by atomic mass is 9.89. The number of nitriles is 1. The summed E-state index contributed by atoms with van der Waals surface area (Å²) in [5, 5.41) is 18.7. The van der Waals surface area contributed by atoms with Crippen LogP contribution in [-0.2, 0) is 14.3 Å². The Morgan fingerprint density at radius 3 is 1.33 bits per heavy atom. The van der Waals surface area contributed by atoms with Crippen molar-refractivity contribution in [3.63, 3.8) is 0 Å². The number of nitrogens with zero attached hydrogens (tertiary/aromatic N) is 3. The van der Waals surface area contributed by atoms with Gasteiger partial charge < -0.3 is 29.0 Å². The lowest BCUT2D eigenvalue weighted by molar-refractivity contribution is -0.462. The molecule has 0 radical (unpaired) electrons. The van der Waals surface area contributed by atoms with Gasteiger partial charge in [-0.25, -0.2) is 4.85 Å². The van der Waals surface area contributed by atoms with Gasteiger partial charge >= 0.3 is 53.6 Å². The van der Waals surface area contributed by atoms with E-state index in [0.29, 0.717) is 65.3 Å². The van der Waals surface area contributed by atoms with Gasteiger partial charge in [-0.2, -0.15) is 79.9 Å². The molecule has 0 saturated heterocycles. The third-order valence-electron chi connectivity index (χ3n) is 14.6. The summed E-state index contributed by atoms with van der Waals surface area (Å²) in [7, 11) is 0. The van der Waals surface area contributed by atoms with Crippen molar-refractivity contribution < 1.29 is 108 Å². The summed E-state index contributed by atoms with van der Waals surface area (Å²) >= 11 is 5.57. The third-order valence-corrected chi connectivity index (χ3v) is 19.2. The largest absolute Gasteiger partial charge is 0.493 e. The van der Waals surface area contributed by atoms with Crippen LogP contribution in [0, 0.1) is 17.9 Å². The topological polar surface area (TPSA) is 123 Å². The summed E-state index contributed by atoms with van der Waals surface area (Å²) in [6.07, 6.45) is -0.480. The molecule has 0 spiro atoms. The Morgan fingerprint density at radius 2 is 0.948 bits per heavy atom. The molecule has 510 valence electrons. The van der Waals surface area contributed by atoms with Crippen molar-refractivity contribution in [2.45, 2.75) is 113 Å². The van der Waals surface area contributed by atoms with Crippen LogP contribution in [-0.4, -0.2) is 85.0 Å². The quantitative estimate of drug-likeness (QED) is 0.00835. The standard InChI is InChI=1S/C65H50F17N3O7S4/c1-4-6-8-10-24-89-48-27-43(91-35-58(66,67)59(68,69)60(70,71)61(72,73)62(74,75)63(76,77)64(78,79)65(80,81)82)28-49(90-25-11-9-7-5-2)56(48)39-16-22-42(23-17-39)85(40-18-12-37(13-19-40)50-32-54-52(95-50)30-45(93-54)26-44(34-83)92-36-86)41-20-14-38(15-21-41)51-33-55-53(96-51)31-46(94-55)29-47(84-3)57(87)88/h12-23,26-33,36H,4-11,24-25,35H2,1-2H3,(H,87,88)/b44-26+,47-29-. The second-order valence-electron chi connectivity index (χ2n) is 21.3. The van der Waals surface area contributed by atoms with E-state index in [1.54, 1.807) is 36.4 Å². The van der Waals surface area contributed by atoms with Gasteiger partial charge in [0, 0.05) is 73.6 Å². The van der Waals surface area contributed by atoms with Gasteiger partial charge in [-0.1, -0.05) is 88.8 Å². The van der Waals surface area contributed by atoms with Gasteiger partial charge in [0.15, 0.2) is 6.61 Å². The zero-order chi connectivity index (χ0) is 70.4. The molecule has 8 rings (SSSR count). The van der Waals surface area contributed by atoms with Crippen LogP contribution in [0.15, 0.2) is 121 Å². The fourth-order valence-corrected chi connectivity index (χ4v) is 14.2. The Morgan fingerprint density at radius 1 is 0.542 bits per heavy atom. The number of unbranched alkanes of at least 4 members (excludes halogenated alkanes) is 6. The van der Waals surface area contributed by atoms with Crippen LogP contribution < -0.4 is 19.1 Å². The molecule has 0 aliphatic carbocycles.